The minimum Gasteiger partial charge on any atom is -0.325 e. The molecule has 168 valence electrons. The second-order valence-corrected chi connectivity index (χ2v) is 6.67. The standard InChI is InChI=1S/C21H14F2N4O6/c22-15-8-6-13(10-17(15)26(30)31)24-20(28)19(12-4-2-1-3-5-12)21(29)25-14-7-9-16(23)18(11-14)27(32)33/h1-11,19H,(H,24,28)(H,25,29). The van der Waals surface area contributed by atoms with Crippen molar-refractivity contribution in [2.24, 2.45) is 0 Å². The lowest BCUT2D eigenvalue weighted by Crippen LogP contribution is -2.32. The molecule has 0 aliphatic heterocycles. The number of carbonyl (C=O) groups is 2. The van der Waals surface area contributed by atoms with Crippen molar-refractivity contribution in [3.8, 4) is 0 Å². The van der Waals surface area contributed by atoms with Crippen LogP contribution in [0.25, 0.3) is 0 Å². The van der Waals surface area contributed by atoms with Crippen LogP contribution in [-0.2, 0) is 9.59 Å². The maximum atomic E-state index is 13.6. The van der Waals surface area contributed by atoms with E-state index in [-0.39, 0.29) is 16.9 Å². The van der Waals surface area contributed by atoms with E-state index in [0.717, 1.165) is 36.4 Å². The van der Waals surface area contributed by atoms with E-state index < -0.39 is 50.6 Å². The average Bonchev–Trinajstić information content (AvgIpc) is 2.77. The van der Waals surface area contributed by atoms with Gasteiger partial charge in [-0.05, 0) is 29.8 Å². The van der Waals surface area contributed by atoms with Crippen molar-refractivity contribution < 1.29 is 28.2 Å². The zero-order chi connectivity index (χ0) is 24.1. The molecule has 12 heteroatoms. The molecule has 3 aromatic carbocycles. The second kappa shape index (κ2) is 9.60. The Morgan fingerprint density at radius 1 is 0.727 bits per heavy atom. The number of nitro groups is 2. The highest BCUT2D eigenvalue weighted by Gasteiger charge is 2.30. The molecule has 10 nitrogen and oxygen atoms in total. The molecule has 0 radical (unpaired) electrons. The summed E-state index contributed by atoms with van der Waals surface area (Å²) >= 11 is 0. The van der Waals surface area contributed by atoms with Crippen LogP contribution in [-0.4, -0.2) is 21.7 Å². The molecule has 0 saturated heterocycles. The number of hydrogen-bond donors (Lipinski definition) is 2. The maximum Gasteiger partial charge on any atom is 0.306 e. The molecule has 0 atom stereocenters. The molecule has 0 heterocycles. The Labute approximate surface area is 184 Å². The van der Waals surface area contributed by atoms with Gasteiger partial charge in [0.15, 0.2) is 0 Å². The number of anilines is 2. The number of benzene rings is 3. The fourth-order valence-corrected chi connectivity index (χ4v) is 2.96. The van der Waals surface area contributed by atoms with E-state index in [1.54, 1.807) is 18.2 Å². The third-order valence-corrected chi connectivity index (χ3v) is 4.48. The maximum absolute atomic E-state index is 13.6. The van der Waals surface area contributed by atoms with E-state index >= 15 is 0 Å². The molecule has 3 rings (SSSR count). The summed E-state index contributed by atoms with van der Waals surface area (Å²) in [6.45, 7) is 0. The lowest BCUT2D eigenvalue weighted by molar-refractivity contribution is -0.387. The highest BCUT2D eigenvalue weighted by molar-refractivity contribution is 6.15. The quantitative estimate of drug-likeness (QED) is 0.311. The molecule has 0 spiro atoms. The number of nitrogens with one attached hydrogen (secondary N) is 2. The van der Waals surface area contributed by atoms with E-state index in [4.69, 9.17) is 0 Å². The topological polar surface area (TPSA) is 144 Å². The molecule has 2 amide bonds. The normalized spacial score (nSPS) is 10.5. The van der Waals surface area contributed by atoms with Crippen molar-refractivity contribution in [1.82, 2.24) is 0 Å². The van der Waals surface area contributed by atoms with Gasteiger partial charge in [0.25, 0.3) is 0 Å². The van der Waals surface area contributed by atoms with Gasteiger partial charge >= 0.3 is 11.4 Å². The van der Waals surface area contributed by atoms with Crippen molar-refractivity contribution in [2.45, 2.75) is 5.92 Å². The number of nitrogens with zero attached hydrogens (tertiary/aromatic N) is 2. The van der Waals surface area contributed by atoms with Gasteiger partial charge in [-0.3, -0.25) is 29.8 Å². The van der Waals surface area contributed by atoms with Gasteiger partial charge in [-0.2, -0.15) is 8.78 Å². The number of halogens is 2. The van der Waals surface area contributed by atoms with Gasteiger partial charge in [-0.1, -0.05) is 30.3 Å². The van der Waals surface area contributed by atoms with E-state index in [0.29, 0.717) is 0 Å². The summed E-state index contributed by atoms with van der Waals surface area (Å²) in [7, 11) is 0. The molecule has 0 aliphatic rings. The number of hydrogen-bond acceptors (Lipinski definition) is 6. The predicted molar refractivity (Wildman–Crippen MR) is 113 cm³/mol. The third kappa shape index (κ3) is 5.31. The Kier molecular flexibility index (Phi) is 6.67. The Morgan fingerprint density at radius 2 is 1.15 bits per heavy atom. The van der Waals surface area contributed by atoms with Crippen LogP contribution in [0.3, 0.4) is 0 Å². The van der Waals surface area contributed by atoms with Crippen LogP contribution >= 0.6 is 0 Å². The zero-order valence-electron chi connectivity index (χ0n) is 16.5. The summed E-state index contributed by atoms with van der Waals surface area (Å²) in [5.41, 5.74) is -1.75. The van der Waals surface area contributed by atoms with Crippen molar-refractivity contribution >= 4 is 34.6 Å². The number of amides is 2. The largest absolute Gasteiger partial charge is 0.325 e. The summed E-state index contributed by atoms with van der Waals surface area (Å²) in [5.74, 6) is -5.52. The smallest absolute Gasteiger partial charge is 0.306 e. The fourth-order valence-electron chi connectivity index (χ4n) is 2.96. The van der Waals surface area contributed by atoms with Gasteiger partial charge in [-0.25, -0.2) is 0 Å². The van der Waals surface area contributed by atoms with E-state index in [2.05, 4.69) is 10.6 Å². The predicted octanol–water partition coefficient (Wildman–Crippen LogP) is 4.14. The number of carbonyl (C=O) groups excluding carboxylic acids is 2. The van der Waals surface area contributed by atoms with Gasteiger partial charge in [0.05, 0.1) is 9.85 Å². The average molecular weight is 456 g/mol. The number of rotatable bonds is 7. The lowest BCUT2D eigenvalue weighted by Gasteiger charge is -2.17. The molecule has 0 aromatic heterocycles. The minimum absolute atomic E-state index is 0.126. The summed E-state index contributed by atoms with van der Waals surface area (Å²) in [5, 5.41) is 26.5. The SMILES string of the molecule is O=C(Nc1ccc(F)c([N+](=O)[O-])c1)C(C(=O)Nc1ccc(F)c([N+](=O)[O-])c1)c1ccccc1. The van der Waals surface area contributed by atoms with Gasteiger partial charge in [0, 0.05) is 23.5 Å². The molecular weight excluding hydrogens is 442 g/mol. The monoisotopic (exact) mass is 456 g/mol. The molecule has 0 fully saturated rings. The first kappa shape index (κ1) is 22.9. The molecule has 0 unspecified atom stereocenters. The molecular formula is C21H14F2N4O6. The molecule has 0 aliphatic carbocycles. The van der Waals surface area contributed by atoms with Crippen LogP contribution in [0.15, 0.2) is 66.7 Å². The van der Waals surface area contributed by atoms with Crippen molar-refractivity contribution in [3.63, 3.8) is 0 Å². The van der Waals surface area contributed by atoms with Crippen molar-refractivity contribution in [1.29, 1.82) is 0 Å². The first-order valence-corrected chi connectivity index (χ1v) is 9.22. The second-order valence-electron chi connectivity index (χ2n) is 6.67. The Hall–Kier alpha value is -4.74. The first-order valence-electron chi connectivity index (χ1n) is 9.22. The fraction of sp³-hybridized carbons (Fsp3) is 0.0476. The highest BCUT2D eigenvalue weighted by Crippen LogP contribution is 2.26. The van der Waals surface area contributed by atoms with E-state index in [1.807, 2.05) is 0 Å². The summed E-state index contributed by atoms with van der Waals surface area (Å²) in [6.07, 6.45) is 0. The van der Waals surface area contributed by atoms with Crippen LogP contribution in [0, 0.1) is 31.9 Å². The Balaban J connectivity index is 1.91. The summed E-state index contributed by atoms with van der Waals surface area (Å²) < 4.78 is 27.2. The lowest BCUT2D eigenvalue weighted by atomic mass is 9.97. The van der Waals surface area contributed by atoms with Crippen molar-refractivity contribution in [3.05, 3.63) is 104 Å². The molecule has 33 heavy (non-hydrogen) atoms. The van der Waals surface area contributed by atoms with Crippen LogP contribution in [0.5, 0.6) is 0 Å². The molecule has 0 saturated carbocycles. The van der Waals surface area contributed by atoms with Crippen molar-refractivity contribution in [2.75, 3.05) is 10.6 Å². The first-order chi connectivity index (χ1) is 15.7. The minimum atomic E-state index is -1.50. The van der Waals surface area contributed by atoms with Gasteiger partial charge in [-0.15, -0.1) is 0 Å². The zero-order valence-corrected chi connectivity index (χ0v) is 16.5. The van der Waals surface area contributed by atoms with Gasteiger partial charge in [0.2, 0.25) is 23.4 Å². The summed E-state index contributed by atoms with van der Waals surface area (Å²) in [4.78, 5) is 45.8. The van der Waals surface area contributed by atoms with Crippen LogP contribution < -0.4 is 10.6 Å². The Morgan fingerprint density at radius 3 is 1.55 bits per heavy atom. The Bertz CT molecular complexity index is 1180. The number of nitro benzene ring substituents is 2. The van der Waals surface area contributed by atoms with Gasteiger partial charge in [0.1, 0.15) is 5.92 Å². The van der Waals surface area contributed by atoms with Crippen LogP contribution in [0.1, 0.15) is 11.5 Å². The summed E-state index contributed by atoms with van der Waals surface area (Å²) in [6, 6.07) is 13.1. The van der Waals surface area contributed by atoms with E-state index in [1.165, 1.54) is 12.1 Å². The van der Waals surface area contributed by atoms with Crippen LogP contribution in [0.4, 0.5) is 31.5 Å². The van der Waals surface area contributed by atoms with E-state index in [9.17, 15) is 38.6 Å². The molecule has 2 N–H and O–H groups in total. The molecule has 0 bridgehead atoms. The van der Waals surface area contributed by atoms with Crippen LogP contribution in [0.2, 0.25) is 0 Å². The molecule has 3 aromatic rings. The third-order valence-electron chi connectivity index (χ3n) is 4.48. The highest BCUT2D eigenvalue weighted by atomic mass is 19.1. The van der Waals surface area contributed by atoms with Gasteiger partial charge < -0.3 is 10.6 Å².